The second-order valence-corrected chi connectivity index (χ2v) is 5.40. The SMILES string of the molecule is CCNC(C)c1ccc(N2CCC(C)CC2)nc1. The van der Waals surface area contributed by atoms with Gasteiger partial charge in [0.25, 0.3) is 0 Å². The molecule has 1 aliphatic rings. The van der Waals surface area contributed by atoms with Gasteiger partial charge in [-0.15, -0.1) is 0 Å². The summed E-state index contributed by atoms with van der Waals surface area (Å²) in [5.74, 6) is 2.00. The van der Waals surface area contributed by atoms with Gasteiger partial charge in [-0.05, 0) is 43.9 Å². The zero-order valence-electron chi connectivity index (χ0n) is 11.8. The predicted octanol–water partition coefficient (Wildman–Crippen LogP) is 2.99. The highest BCUT2D eigenvalue weighted by Gasteiger charge is 2.16. The van der Waals surface area contributed by atoms with Gasteiger partial charge in [-0.1, -0.05) is 19.9 Å². The van der Waals surface area contributed by atoms with Crippen LogP contribution in [0.3, 0.4) is 0 Å². The van der Waals surface area contributed by atoms with Gasteiger partial charge in [0, 0.05) is 25.3 Å². The molecule has 0 spiro atoms. The van der Waals surface area contributed by atoms with Crippen molar-refractivity contribution >= 4 is 5.82 Å². The molecule has 0 radical (unpaired) electrons. The third-order valence-corrected chi connectivity index (χ3v) is 3.89. The van der Waals surface area contributed by atoms with Crippen molar-refractivity contribution in [2.24, 2.45) is 5.92 Å². The van der Waals surface area contributed by atoms with Crippen molar-refractivity contribution in [3.05, 3.63) is 23.9 Å². The molecule has 1 atom stereocenters. The summed E-state index contributed by atoms with van der Waals surface area (Å²) in [6.45, 7) is 9.95. The molecule has 1 N–H and O–H groups in total. The van der Waals surface area contributed by atoms with Crippen LogP contribution in [0.4, 0.5) is 5.82 Å². The number of nitrogens with one attached hydrogen (secondary N) is 1. The first-order chi connectivity index (χ1) is 8.70. The summed E-state index contributed by atoms with van der Waals surface area (Å²) in [6.07, 6.45) is 4.59. The van der Waals surface area contributed by atoms with Crippen LogP contribution in [0.5, 0.6) is 0 Å². The van der Waals surface area contributed by atoms with E-state index in [4.69, 9.17) is 0 Å². The van der Waals surface area contributed by atoms with Crippen LogP contribution in [0.2, 0.25) is 0 Å². The maximum atomic E-state index is 4.62. The monoisotopic (exact) mass is 247 g/mol. The molecule has 1 fully saturated rings. The average Bonchev–Trinajstić information content (AvgIpc) is 2.40. The maximum Gasteiger partial charge on any atom is 0.128 e. The van der Waals surface area contributed by atoms with Gasteiger partial charge in [0.05, 0.1) is 0 Å². The molecule has 0 aromatic carbocycles. The van der Waals surface area contributed by atoms with Gasteiger partial charge in [-0.25, -0.2) is 4.98 Å². The van der Waals surface area contributed by atoms with Crippen molar-refractivity contribution < 1.29 is 0 Å². The highest BCUT2D eigenvalue weighted by Crippen LogP contribution is 2.22. The number of hydrogen-bond donors (Lipinski definition) is 1. The van der Waals surface area contributed by atoms with E-state index in [1.165, 1.54) is 18.4 Å². The minimum absolute atomic E-state index is 0.387. The van der Waals surface area contributed by atoms with Crippen LogP contribution in [0.1, 0.15) is 45.2 Å². The van der Waals surface area contributed by atoms with Gasteiger partial charge in [0.1, 0.15) is 5.82 Å². The van der Waals surface area contributed by atoms with E-state index in [1.807, 2.05) is 6.20 Å². The third kappa shape index (κ3) is 3.22. The number of anilines is 1. The summed E-state index contributed by atoms with van der Waals surface area (Å²) in [4.78, 5) is 7.02. The molecule has 3 heteroatoms. The Balaban J connectivity index is 1.99. The molecule has 0 bridgehead atoms. The van der Waals surface area contributed by atoms with E-state index in [1.54, 1.807) is 0 Å². The average molecular weight is 247 g/mol. The maximum absolute atomic E-state index is 4.62. The van der Waals surface area contributed by atoms with Gasteiger partial charge in [0.15, 0.2) is 0 Å². The summed E-state index contributed by atoms with van der Waals surface area (Å²) in [6, 6.07) is 4.75. The Labute approximate surface area is 111 Å². The standard InChI is InChI=1S/C15H25N3/c1-4-16-13(3)14-5-6-15(17-11-14)18-9-7-12(2)8-10-18/h5-6,11-13,16H,4,7-10H2,1-3H3. The molecule has 100 valence electrons. The van der Waals surface area contributed by atoms with Crippen LogP contribution in [0, 0.1) is 5.92 Å². The van der Waals surface area contributed by atoms with Crippen LogP contribution in [0.15, 0.2) is 18.3 Å². The highest BCUT2D eigenvalue weighted by molar-refractivity contribution is 5.40. The molecular formula is C15H25N3. The predicted molar refractivity (Wildman–Crippen MR) is 76.9 cm³/mol. The van der Waals surface area contributed by atoms with Crippen molar-refractivity contribution in [3.8, 4) is 0 Å². The molecule has 0 aliphatic carbocycles. The third-order valence-electron chi connectivity index (χ3n) is 3.89. The smallest absolute Gasteiger partial charge is 0.128 e. The number of pyridine rings is 1. The van der Waals surface area contributed by atoms with Crippen molar-refractivity contribution in [1.29, 1.82) is 0 Å². The molecule has 2 heterocycles. The molecule has 2 rings (SSSR count). The van der Waals surface area contributed by atoms with E-state index in [0.29, 0.717) is 6.04 Å². The summed E-state index contributed by atoms with van der Waals surface area (Å²) >= 11 is 0. The highest BCUT2D eigenvalue weighted by atomic mass is 15.2. The van der Waals surface area contributed by atoms with Crippen molar-refractivity contribution in [2.45, 2.75) is 39.7 Å². The number of hydrogen-bond acceptors (Lipinski definition) is 3. The van der Waals surface area contributed by atoms with E-state index in [2.05, 4.69) is 48.1 Å². The number of rotatable bonds is 4. The fourth-order valence-electron chi connectivity index (χ4n) is 2.50. The summed E-state index contributed by atoms with van der Waals surface area (Å²) in [7, 11) is 0. The van der Waals surface area contributed by atoms with Crippen molar-refractivity contribution in [2.75, 3.05) is 24.5 Å². The second kappa shape index (κ2) is 6.19. The fourth-order valence-corrected chi connectivity index (χ4v) is 2.50. The molecular weight excluding hydrogens is 222 g/mol. The van der Waals surface area contributed by atoms with Gasteiger partial charge < -0.3 is 10.2 Å². The lowest BCUT2D eigenvalue weighted by Gasteiger charge is -2.31. The quantitative estimate of drug-likeness (QED) is 0.886. The lowest BCUT2D eigenvalue weighted by Crippen LogP contribution is -2.33. The second-order valence-electron chi connectivity index (χ2n) is 5.40. The van der Waals surface area contributed by atoms with E-state index in [9.17, 15) is 0 Å². The molecule has 3 nitrogen and oxygen atoms in total. The summed E-state index contributed by atoms with van der Waals surface area (Å²) in [5.41, 5.74) is 1.27. The molecule has 18 heavy (non-hydrogen) atoms. The number of nitrogens with zero attached hydrogens (tertiary/aromatic N) is 2. The Bertz CT molecular complexity index is 353. The Morgan fingerprint density at radius 2 is 2.11 bits per heavy atom. The molecule has 0 saturated carbocycles. The minimum atomic E-state index is 0.387. The van der Waals surface area contributed by atoms with Crippen LogP contribution in [-0.4, -0.2) is 24.6 Å². The lowest BCUT2D eigenvalue weighted by atomic mass is 9.99. The van der Waals surface area contributed by atoms with Gasteiger partial charge in [-0.3, -0.25) is 0 Å². The van der Waals surface area contributed by atoms with Crippen LogP contribution in [-0.2, 0) is 0 Å². The Morgan fingerprint density at radius 1 is 1.39 bits per heavy atom. The van der Waals surface area contributed by atoms with Crippen molar-refractivity contribution in [3.63, 3.8) is 0 Å². The molecule has 1 unspecified atom stereocenters. The number of piperidine rings is 1. The van der Waals surface area contributed by atoms with Gasteiger partial charge in [-0.2, -0.15) is 0 Å². The van der Waals surface area contributed by atoms with Gasteiger partial charge in [0.2, 0.25) is 0 Å². The molecule has 1 aromatic heterocycles. The Hall–Kier alpha value is -1.09. The Morgan fingerprint density at radius 3 is 2.67 bits per heavy atom. The van der Waals surface area contributed by atoms with Crippen LogP contribution >= 0.6 is 0 Å². The molecule has 1 saturated heterocycles. The first-order valence-corrected chi connectivity index (χ1v) is 7.15. The molecule has 1 aromatic rings. The van der Waals surface area contributed by atoms with Crippen LogP contribution < -0.4 is 10.2 Å². The zero-order chi connectivity index (χ0) is 13.0. The fraction of sp³-hybridized carbons (Fsp3) is 0.667. The van der Waals surface area contributed by atoms with E-state index >= 15 is 0 Å². The lowest BCUT2D eigenvalue weighted by molar-refractivity contribution is 0.436. The van der Waals surface area contributed by atoms with Crippen LogP contribution in [0.25, 0.3) is 0 Å². The largest absolute Gasteiger partial charge is 0.357 e. The molecule has 0 amide bonds. The van der Waals surface area contributed by atoms with E-state index in [-0.39, 0.29) is 0 Å². The zero-order valence-corrected chi connectivity index (χ0v) is 11.8. The Kier molecular flexibility index (Phi) is 4.59. The summed E-state index contributed by atoms with van der Waals surface area (Å²) in [5, 5.41) is 3.41. The first-order valence-electron chi connectivity index (χ1n) is 7.15. The number of aromatic nitrogens is 1. The summed E-state index contributed by atoms with van der Waals surface area (Å²) < 4.78 is 0. The van der Waals surface area contributed by atoms with E-state index < -0.39 is 0 Å². The topological polar surface area (TPSA) is 28.2 Å². The van der Waals surface area contributed by atoms with Crippen molar-refractivity contribution in [1.82, 2.24) is 10.3 Å². The first kappa shape index (κ1) is 13.3. The van der Waals surface area contributed by atoms with Gasteiger partial charge >= 0.3 is 0 Å². The minimum Gasteiger partial charge on any atom is -0.357 e. The normalized spacial score (nSPS) is 18.9. The molecule has 1 aliphatic heterocycles. The van der Waals surface area contributed by atoms with E-state index in [0.717, 1.165) is 31.4 Å².